The van der Waals surface area contributed by atoms with Gasteiger partial charge in [-0.3, -0.25) is 14.4 Å². The number of amides is 2. The highest BCUT2D eigenvalue weighted by Crippen LogP contribution is 2.63. The van der Waals surface area contributed by atoms with E-state index in [1.807, 2.05) is 39.0 Å². The summed E-state index contributed by atoms with van der Waals surface area (Å²) in [6.45, 7) is 13.8. The maximum Gasteiger partial charge on any atom is 0.313 e. The van der Waals surface area contributed by atoms with Crippen molar-refractivity contribution < 1.29 is 29.0 Å². The number of likely N-dealkylation sites (tertiary alicyclic amines) is 1. The Morgan fingerprint density at radius 2 is 2.00 bits per heavy atom. The van der Waals surface area contributed by atoms with Crippen LogP contribution in [0.15, 0.2) is 43.5 Å². The Hall–Kier alpha value is -2.97. The highest BCUT2D eigenvalue weighted by Gasteiger charge is 2.78. The molecule has 3 saturated heterocycles. The fraction of sp³-hybridized carbons (Fsp3) is 0.552. The average molecular weight is 511 g/mol. The van der Waals surface area contributed by atoms with Gasteiger partial charge in [-0.05, 0) is 63.6 Å². The van der Waals surface area contributed by atoms with Crippen LogP contribution in [0.2, 0.25) is 0 Å². The van der Waals surface area contributed by atoms with Gasteiger partial charge >= 0.3 is 5.97 Å². The van der Waals surface area contributed by atoms with Gasteiger partial charge in [0.25, 0.3) is 5.91 Å². The predicted molar refractivity (Wildman–Crippen MR) is 140 cm³/mol. The summed E-state index contributed by atoms with van der Waals surface area (Å²) in [6, 6.07) is 5.02. The van der Waals surface area contributed by atoms with Crippen molar-refractivity contribution in [3.63, 3.8) is 0 Å². The van der Waals surface area contributed by atoms with E-state index in [0.717, 1.165) is 16.8 Å². The lowest BCUT2D eigenvalue weighted by Gasteiger charge is -2.37. The van der Waals surface area contributed by atoms with E-state index < -0.39 is 35.0 Å². The predicted octanol–water partition coefficient (Wildman–Crippen LogP) is 3.09. The fourth-order valence-corrected chi connectivity index (χ4v) is 6.52. The van der Waals surface area contributed by atoms with Gasteiger partial charge in [0.15, 0.2) is 0 Å². The van der Waals surface area contributed by atoms with E-state index in [1.165, 1.54) is 6.08 Å². The summed E-state index contributed by atoms with van der Waals surface area (Å²) in [4.78, 5) is 45.0. The smallest absolute Gasteiger partial charge is 0.313 e. The van der Waals surface area contributed by atoms with Crippen LogP contribution >= 0.6 is 0 Å². The van der Waals surface area contributed by atoms with E-state index in [4.69, 9.17) is 9.47 Å². The van der Waals surface area contributed by atoms with E-state index in [1.54, 1.807) is 15.9 Å². The molecule has 1 aromatic carbocycles. The quantitative estimate of drug-likeness (QED) is 0.279. The van der Waals surface area contributed by atoms with Crippen molar-refractivity contribution in [2.45, 2.75) is 63.7 Å². The molecule has 1 aromatic rings. The third-order valence-corrected chi connectivity index (χ3v) is 8.15. The SMILES string of the molecule is C=CCOC(=O)[C@@H]1[C@H]2C(=O)N(CCCCO)C(C(=O)N(CC=C)c3cc(C)ccc3C)C23CC[C@@]1(C)O3. The van der Waals surface area contributed by atoms with Gasteiger partial charge in [-0.15, -0.1) is 6.58 Å². The summed E-state index contributed by atoms with van der Waals surface area (Å²) in [7, 11) is 0. The van der Waals surface area contributed by atoms with Gasteiger partial charge in [0.1, 0.15) is 24.2 Å². The molecular weight excluding hydrogens is 472 g/mol. The van der Waals surface area contributed by atoms with Gasteiger partial charge in [-0.25, -0.2) is 0 Å². The molecule has 2 unspecified atom stereocenters. The number of anilines is 1. The molecular formula is C29H38N2O6. The Morgan fingerprint density at radius 3 is 2.68 bits per heavy atom. The lowest BCUT2D eigenvalue weighted by molar-refractivity contribution is -0.158. The minimum atomic E-state index is -1.13. The molecule has 0 aliphatic carbocycles. The first-order valence-corrected chi connectivity index (χ1v) is 13.0. The molecule has 5 atom stereocenters. The van der Waals surface area contributed by atoms with Crippen LogP contribution in [-0.4, -0.2) is 71.3 Å². The molecule has 200 valence electrons. The van der Waals surface area contributed by atoms with E-state index in [-0.39, 0.29) is 38.1 Å². The number of hydrogen-bond donors (Lipinski definition) is 1. The minimum Gasteiger partial charge on any atom is -0.461 e. The number of ether oxygens (including phenoxy) is 2. The monoisotopic (exact) mass is 510 g/mol. The van der Waals surface area contributed by atoms with Gasteiger partial charge in [0, 0.05) is 25.4 Å². The van der Waals surface area contributed by atoms with Crippen LogP contribution in [0.1, 0.15) is 43.7 Å². The van der Waals surface area contributed by atoms with Gasteiger partial charge in [-0.1, -0.05) is 30.9 Å². The number of hydrogen-bond acceptors (Lipinski definition) is 6. The standard InChI is InChI=1S/C29H38N2O6/c1-6-14-30(21-18-19(3)10-11-20(21)4)26(34)24-29-13-12-28(5,37-29)23(27(35)36-17-7-2)22(29)25(33)31(24)15-8-9-16-32/h6-7,10-11,18,22-24,32H,1-2,8-9,12-17H2,3-5H3/t22-,23-,24?,28+,29?/m0/s1. The van der Waals surface area contributed by atoms with Crippen LogP contribution in [0.3, 0.4) is 0 Å². The van der Waals surface area contributed by atoms with Crippen molar-refractivity contribution >= 4 is 23.5 Å². The maximum absolute atomic E-state index is 14.5. The van der Waals surface area contributed by atoms with Crippen molar-refractivity contribution in [3.8, 4) is 0 Å². The summed E-state index contributed by atoms with van der Waals surface area (Å²) in [5.74, 6) is -2.63. The Balaban J connectivity index is 1.79. The zero-order valence-electron chi connectivity index (χ0n) is 22.1. The number of aryl methyl sites for hydroxylation is 2. The van der Waals surface area contributed by atoms with Crippen LogP contribution in [0.4, 0.5) is 5.69 Å². The van der Waals surface area contributed by atoms with Crippen LogP contribution in [-0.2, 0) is 23.9 Å². The first kappa shape index (κ1) is 27.1. The molecule has 0 aromatic heterocycles. The van der Waals surface area contributed by atoms with Gasteiger partial charge in [-0.2, -0.15) is 0 Å². The number of esters is 1. The van der Waals surface area contributed by atoms with Crippen molar-refractivity contribution in [1.29, 1.82) is 0 Å². The van der Waals surface area contributed by atoms with Crippen molar-refractivity contribution in [2.75, 3.05) is 31.2 Å². The Kier molecular flexibility index (Phi) is 7.62. The second-order valence-corrected chi connectivity index (χ2v) is 10.6. The summed E-state index contributed by atoms with van der Waals surface area (Å²) in [5.41, 5.74) is 0.679. The second-order valence-electron chi connectivity index (χ2n) is 10.6. The molecule has 37 heavy (non-hydrogen) atoms. The maximum atomic E-state index is 14.5. The van der Waals surface area contributed by atoms with E-state index in [9.17, 15) is 19.5 Å². The number of unbranched alkanes of at least 4 members (excludes halogenated alkanes) is 1. The molecule has 1 spiro atoms. The number of rotatable bonds is 11. The summed E-state index contributed by atoms with van der Waals surface area (Å²) in [5, 5.41) is 9.36. The number of carbonyl (C=O) groups excluding carboxylic acids is 3. The number of aliphatic hydroxyl groups excluding tert-OH is 1. The molecule has 3 fully saturated rings. The molecule has 2 bridgehead atoms. The number of benzene rings is 1. The molecule has 3 aliphatic heterocycles. The van der Waals surface area contributed by atoms with Crippen molar-refractivity contribution in [3.05, 3.63) is 54.6 Å². The average Bonchev–Trinajstić information content (AvgIpc) is 3.43. The van der Waals surface area contributed by atoms with Crippen molar-refractivity contribution in [1.82, 2.24) is 4.90 Å². The molecule has 2 amide bonds. The number of carbonyl (C=O) groups is 3. The largest absolute Gasteiger partial charge is 0.461 e. The van der Waals surface area contributed by atoms with Crippen LogP contribution in [0.25, 0.3) is 0 Å². The molecule has 0 saturated carbocycles. The fourth-order valence-electron chi connectivity index (χ4n) is 6.52. The van der Waals surface area contributed by atoms with Crippen LogP contribution in [0.5, 0.6) is 0 Å². The number of nitrogens with zero attached hydrogens (tertiary/aromatic N) is 2. The zero-order chi connectivity index (χ0) is 27.0. The second kappa shape index (κ2) is 10.4. The Morgan fingerprint density at radius 1 is 1.24 bits per heavy atom. The van der Waals surface area contributed by atoms with Crippen molar-refractivity contribution in [2.24, 2.45) is 11.8 Å². The zero-order valence-corrected chi connectivity index (χ0v) is 22.1. The Bertz CT molecular complexity index is 1100. The van der Waals surface area contributed by atoms with Gasteiger partial charge in [0.2, 0.25) is 5.91 Å². The number of aliphatic hydroxyl groups is 1. The molecule has 3 aliphatic rings. The first-order valence-electron chi connectivity index (χ1n) is 13.0. The highest BCUT2D eigenvalue weighted by molar-refractivity contribution is 6.05. The molecule has 1 N–H and O–H groups in total. The van der Waals surface area contributed by atoms with Gasteiger partial charge < -0.3 is 24.4 Å². The topological polar surface area (TPSA) is 96.4 Å². The van der Waals surface area contributed by atoms with Crippen LogP contribution in [0, 0.1) is 25.7 Å². The van der Waals surface area contributed by atoms with Gasteiger partial charge in [0.05, 0.1) is 11.5 Å². The van der Waals surface area contributed by atoms with E-state index >= 15 is 0 Å². The highest BCUT2D eigenvalue weighted by atomic mass is 16.6. The van der Waals surface area contributed by atoms with Crippen LogP contribution < -0.4 is 4.90 Å². The summed E-state index contributed by atoms with van der Waals surface area (Å²) >= 11 is 0. The normalized spacial score (nSPS) is 29.8. The molecule has 3 heterocycles. The first-order chi connectivity index (χ1) is 17.6. The molecule has 4 rings (SSSR count). The Labute approximate surface area is 218 Å². The number of fused-ring (bicyclic) bond motifs is 1. The summed E-state index contributed by atoms with van der Waals surface area (Å²) in [6.07, 6.45) is 5.23. The summed E-state index contributed by atoms with van der Waals surface area (Å²) < 4.78 is 12.0. The minimum absolute atomic E-state index is 0.00857. The molecule has 8 nitrogen and oxygen atoms in total. The molecule has 0 radical (unpaired) electrons. The van der Waals surface area contributed by atoms with E-state index in [2.05, 4.69) is 13.2 Å². The third kappa shape index (κ3) is 4.40. The lowest BCUT2D eigenvalue weighted by atomic mass is 9.66. The van der Waals surface area contributed by atoms with E-state index in [0.29, 0.717) is 25.7 Å². The lowest BCUT2D eigenvalue weighted by Crippen LogP contribution is -2.56. The molecule has 8 heteroatoms. The third-order valence-electron chi connectivity index (χ3n) is 8.15.